The van der Waals surface area contributed by atoms with Gasteiger partial charge in [-0.2, -0.15) is 0 Å². The monoisotopic (exact) mass is 472 g/mol. The minimum atomic E-state index is -0.423. The molecule has 1 heterocycles. The highest BCUT2D eigenvalue weighted by molar-refractivity contribution is 6.13. The predicted octanol–water partition coefficient (Wildman–Crippen LogP) is 5.87. The van der Waals surface area contributed by atoms with E-state index in [-0.39, 0.29) is 11.7 Å². The molecule has 1 saturated carbocycles. The van der Waals surface area contributed by atoms with Crippen molar-refractivity contribution in [2.45, 2.75) is 12.8 Å². The molecule has 178 valence electrons. The molecule has 0 atom stereocenters. The number of ether oxygens (including phenoxy) is 1. The van der Waals surface area contributed by atoms with Crippen molar-refractivity contribution in [3.63, 3.8) is 0 Å². The van der Waals surface area contributed by atoms with Crippen LogP contribution < -0.4 is 10.6 Å². The lowest BCUT2D eigenvalue weighted by molar-refractivity contribution is 0.0600. The molecule has 2 N–H and O–H groups in total. The van der Waals surface area contributed by atoms with Gasteiger partial charge in [-0.15, -0.1) is 0 Å². The summed E-state index contributed by atoms with van der Waals surface area (Å²) < 4.78 is 24.6. The SMILES string of the molecule is CNC(=O)c1c(-c2ccc(F)cc2)oc2cc(NCC3CC3)c(-c3cccc(C(=O)OC)c3)cc12. The first-order chi connectivity index (χ1) is 17.0. The number of carbonyl (C=O) groups is 2. The van der Waals surface area contributed by atoms with Crippen LogP contribution in [0.3, 0.4) is 0 Å². The molecule has 1 aliphatic rings. The van der Waals surface area contributed by atoms with Crippen molar-refractivity contribution >= 4 is 28.5 Å². The molecule has 7 heteroatoms. The highest BCUT2D eigenvalue weighted by Gasteiger charge is 2.25. The van der Waals surface area contributed by atoms with E-state index in [1.165, 1.54) is 32.1 Å². The summed E-state index contributed by atoms with van der Waals surface area (Å²) in [5, 5.41) is 6.83. The van der Waals surface area contributed by atoms with Gasteiger partial charge in [-0.3, -0.25) is 4.79 Å². The summed E-state index contributed by atoms with van der Waals surface area (Å²) in [6.07, 6.45) is 2.39. The van der Waals surface area contributed by atoms with Crippen LogP contribution >= 0.6 is 0 Å². The van der Waals surface area contributed by atoms with Crippen molar-refractivity contribution in [1.82, 2.24) is 5.32 Å². The number of furan rings is 1. The van der Waals surface area contributed by atoms with E-state index in [0.29, 0.717) is 39.3 Å². The summed E-state index contributed by atoms with van der Waals surface area (Å²) in [6.45, 7) is 0.822. The number of benzene rings is 3. The molecule has 1 amide bonds. The third kappa shape index (κ3) is 4.49. The molecule has 6 nitrogen and oxygen atoms in total. The van der Waals surface area contributed by atoms with Crippen LogP contribution in [0.5, 0.6) is 0 Å². The van der Waals surface area contributed by atoms with Crippen molar-refractivity contribution < 1.29 is 23.1 Å². The number of hydrogen-bond donors (Lipinski definition) is 2. The maximum atomic E-state index is 13.5. The fraction of sp³-hybridized carbons (Fsp3) is 0.214. The second kappa shape index (κ2) is 9.25. The van der Waals surface area contributed by atoms with E-state index < -0.39 is 5.97 Å². The normalized spacial score (nSPS) is 13.0. The number of amides is 1. The van der Waals surface area contributed by atoms with Crippen molar-refractivity contribution in [2.24, 2.45) is 5.92 Å². The van der Waals surface area contributed by atoms with Gasteiger partial charge in [0.15, 0.2) is 0 Å². The lowest BCUT2D eigenvalue weighted by atomic mass is 9.97. The van der Waals surface area contributed by atoms with E-state index >= 15 is 0 Å². The lowest BCUT2D eigenvalue weighted by Crippen LogP contribution is -2.18. The first-order valence-corrected chi connectivity index (χ1v) is 11.5. The maximum absolute atomic E-state index is 13.5. The number of esters is 1. The third-order valence-electron chi connectivity index (χ3n) is 6.26. The quantitative estimate of drug-likeness (QED) is 0.329. The van der Waals surface area contributed by atoms with Crippen LogP contribution in [0, 0.1) is 11.7 Å². The van der Waals surface area contributed by atoms with Crippen LogP contribution in [0.15, 0.2) is 65.1 Å². The van der Waals surface area contributed by atoms with E-state index in [0.717, 1.165) is 23.4 Å². The van der Waals surface area contributed by atoms with Crippen molar-refractivity contribution in [3.05, 3.63) is 77.6 Å². The number of fused-ring (bicyclic) bond motifs is 1. The Hall–Kier alpha value is -4.13. The second-order valence-corrected chi connectivity index (χ2v) is 8.68. The fourth-order valence-corrected chi connectivity index (χ4v) is 4.19. The van der Waals surface area contributed by atoms with Crippen LogP contribution in [-0.2, 0) is 4.74 Å². The Morgan fingerprint density at radius 2 is 1.83 bits per heavy atom. The number of hydrogen-bond acceptors (Lipinski definition) is 5. The standard InChI is InChI=1S/C28H25FN2O4/c1-30-27(32)25-22-13-21(18-4-3-5-19(12-18)28(33)34-2)23(31-15-16-6-7-16)14-24(22)35-26(25)17-8-10-20(29)11-9-17/h3-5,8-14,16,31H,6-7,15H2,1-2H3,(H,30,32). The largest absolute Gasteiger partial charge is 0.465 e. The summed E-state index contributed by atoms with van der Waals surface area (Å²) in [4.78, 5) is 25.1. The molecule has 0 spiro atoms. The molecule has 0 saturated heterocycles. The van der Waals surface area contributed by atoms with E-state index in [4.69, 9.17) is 9.15 Å². The Morgan fingerprint density at radius 1 is 1.06 bits per heavy atom. The minimum Gasteiger partial charge on any atom is -0.465 e. The number of anilines is 1. The highest BCUT2D eigenvalue weighted by atomic mass is 19.1. The van der Waals surface area contributed by atoms with Gasteiger partial charge in [-0.25, -0.2) is 9.18 Å². The van der Waals surface area contributed by atoms with Gasteiger partial charge in [-0.05, 0) is 66.8 Å². The van der Waals surface area contributed by atoms with Gasteiger partial charge in [-0.1, -0.05) is 12.1 Å². The van der Waals surface area contributed by atoms with E-state index in [1.54, 1.807) is 37.4 Å². The third-order valence-corrected chi connectivity index (χ3v) is 6.26. The minimum absolute atomic E-state index is 0.309. The van der Waals surface area contributed by atoms with Gasteiger partial charge < -0.3 is 19.8 Å². The number of carbonyl (C=O) groups excluding carboxylic acids is 2. The molecule has 0 bridgehead atoms. The van der Waals surface area contributed by atoms with Gasteiger partial charge in [0.1, 0.15) is 17.2 Å². The highest BCUT2D eigenvalue weighted by Crippen LogP contribution is 2.40. The zero-order valence-corrected chi connectivity index (χ0v) is 19.5. The lowest BCUT2D eigenvalue weighted by Gasteiger charge is -2.13. The van der Waals surface area contributed by atoms with E-state index in [1.807, 2.05) is 18.2 Å². The van der Waals surface area contributed by atoms with Crippen LogP contribution in [0.25, 0.3) is 33.4 Å². The number of methoxy groups -OCH3 is 1. The van der Waals surface area contributed by atoms with Crippen LogP contribution in [-0.4, -0.2) is 32.6 Å². The smallest absolute Gasteiger partial charge is 0.337 e. The summed E-state index contributed by atoms with van der Waals surface area (Å²) in [6, 6.07) is 16.8. The van der Waals surface area contributed by atoms with Crippen LogP contribution in [0.1, 0.15) is 33.6 Å². The van der Waals surface area contributed by atoms with Gasteiger partial charge in [0, 0.05) is 41.9 Å². The zero-order chi connectivity index (χ0) is 24.5. The molecule has 4 aromatic rings. The number of nitrogens with one attached hydrogen (secondary N) is 2. The van der Waals surface area contributed by atoms with Crippen LogP contribution in [0.2, 0.25) is 0 Å². The molecule has 0 aliphatic heterocycles. The Bertz CT molecular complexity index is 1420. The van der Waals surface area contributed by atoms with Gasteiger partial charge >= 0.3 is 5.97 Å². The maximum Gasteiger partial charge on any atom is 0.337 e. The fourth-order valence-electron chi connectivity index (χ4n) is 4.19. The first kappa shape index (κ1) is 22.7. The summed E-state index contributed by atoms with van der Waals surface area (Å²) >= 11 is 0. The predicted molar refractivity (Wildman–Crippen MR) is 133 cm³/mol. The molecule has 1 aromatic heterocycles. The average Bonchev–Trinajstić information content (AvgIpc) is 3.65. The first-order valence-electron chi connectivity index (χ1n) is 11.5. The summed E-state index contributed by atoms with van der Waals surface area (Å²) in [5.74, 6) is -0.101. The van der Waals surface area contributed by atoms with E-state index in [2.05, 4.69) is 10.6 Å². The average molecular weight is 473 g/mol. The summed E-state index contributed by atoms with van der Waals surface area (Å²) in [7, 11) is 2.91. The number of halogens is 1. The van der Waals surface area contributed by atoms with Crippen LogP contribution in [0.4, 0.5) is 10.1 Å². The van der Waals surface area contributed by atoms with E-state index in [9.17, 15) is 14.0 Å². The second-order valence-electron chi connectivity index (χ2n) is 8.68. The molecule has 1 aliphatic carbocycles. The van der Waals surface area contributed by atoms with Crippen molar-refractivity contribution in [3.8, 4) is 22.5 Å². The molecule has 5 rings (SSSR count). The Morgan fingerprint density at radius 3 is 2.51 bits per heavy atom. The van der Waals surface area contributed by atoms with Crippen molar-refractivity contribution in [1.29, 1.82) is 0 Å². The molecule has 35 heavy (non-hydrogen) atoms. The molecule has 3 aromatic carbocycles. The Kier molecular flexibility index (Phi) is 5.99. The van der Waals surface area contributed by atoms with Crippen molar-refractivity contribution in [2.75, 3.05) is 26.0 Å². The topological polar surface area (TPSA) is 80.6 Å². The molecule has 0 radical (unpaired) electrons. The molecule has 0 unspecified atom stereocenters. The Balaban J connectivity index is 1.72. The Labute approximate surface area is 202 Å². The molecular formula is C28H25FN2O4. The molecule has 1 fully saturated rings. The zero-order valence-electron chi connectivity index (χ0n) is 19.5. The number of rotatable bonds is 7. The van der Waals surface area contributed by atoms with Gasteiger partial charge in [0.25, 0.3) is 5.91 Å². The molecular weight excluding hydrogens is 447 g/mol. The van der Waals surface area contributed by atoms with Gasteiger partial charge in [0.2, 0.25) is 0 Å². The van der Waals surface area contributed by atoms with Gasteiger partial charge in [0.05, 0.1) is 18.2 Å². The summed E-state index contributed by atoms with van der Waals surface area (Å²) in [5.41, 5.74) is 4.42.